The second kappa shape index (κ2) is 9.06. The van der Waals surface area contributed by atoms with Gasteiger partial charge in [-0.25, -0.2) is 4.31 Å². The first-order valence-corrected chi connectivity index (χ1v) is 9.33. The molecule has 1 fully saturated rings. The summed E-state index contributed by atoms with van der Waals surface area (Å²) in [6, 6.07) is 7.09. The van der Waals surface area contributed by atoms with Crippen LogP contribution in [0.5, 0.6) is 0 Å². The van der Waals surface area contributed by atoms with Crippen molar-refractivity contribution in [3.63, 3.8) is 0 Å². The molecular weight excluding hydrogens is 334 g/mol. The van der Waals surface area contributed by atoms with Gasteiger partial charge in [-0.15, -0.1) is 0 Å². The number of amides is 1. The summed E-state index contributed by atoms with van der Waals surface area (Å²) in [5.74, 6) is 0.0197. The van der Waals surface area contributed by atoms with Crippen molar-refractivity contribution in [2.75, 3.05) is 0 Å². The summed E-state index contributed by atoms with van der Waals surface area (Å²) in [5.41, 5.74) is 6.82. The molecule has 1 unspecified atom stereocenters. The monoisotopic (exact) mass is 363 g/mol. The molecule has 0 spiro atoms. The Labute approximate surface area is 155 Å². The fourth-order valence-corrected chi connectivity index (χ4v) is 3.55. The maximum atomic E-state index is 12.3. The van der Waals surface area contributed by atoms with E-state index in [1.165, 1.54) is 11.9 Å². The van der Waals surface area contributed by atoms with Crippen LogP contribution in [0, 0.1) is 0 Å². The lowest BCUT2D eigenvalue weighted by Crippen LogP contribution is -2.44. The Morgan fingerprint density at radius 2 is 1.88 bits per heavy atom. The summed E-state index contributed by atoms with van der Waals surface area (Å²) >= 11 is 1.50. The van der Waals surface area contributed by atoms with Gasteiger partial charge in [0.15, 0.2) is 5.78 Å². The zero-order chi connectivity index (χ0) is 19.2. The van der Waals surface area contributed by atoms with Crippen LogP contribution in [0.1, 0.15) is 58.3 Å². The van der Waals surface area contributed by atoms with Crippen LogP contribution >= 0.6 is 11.9 Å². The van der Waals surface area contributed by atoms with Crippen molar-refractivity contribution in [1.82, 2.24) is 9.62 Å². The number of nitrogens with zero attached hydrogens (tertiary/aromatic N) is 1. The van der Waals surface area contributed by atoms with Gasteiger partial charge in [-0.3, -0.25) is 9.59 Å². The van der Waals surface area contributed by atoms with E-state index in [1.54, 1.807) is 19.1 Å². The Bertz CT molecular complexity index is 639. The molecule has 1 heterocycles. The largest absolute Gasteiger partial charge is 0.402 e. The molecule has 0 saturated carbocycles. The molecule has 138 valence electrons. The normalized spacial score (nSPS) is 19.8. The van der Waals surface area contributed by atoms with Crippen LogP contribution in [0.2, 0.25) is 0 Å². The van der Waals surface area contributed by atoms with Crippen LogP contribution in [0.15, 0.2) is 40.9 Å². The van der Waals surface area contributed by atoms with Crippen LogP contribution in [0.25, 0.3) is 0 Å². The number of rotatable bonds is 5. The van der Waals surface area contributed by atoms with Crippen molar-refractivity contribution in [3.8, 4) is 0 Å². The SMILES string of the molecule is C/C=C(\N)CC1C(=O)NC(C)(C)N1Sc1ccc(C(C)=O)cc1.CC. The highest BCUT2D eigenvalue weighted by Crippen LogP contribution is 2.36. The number of allylic oxidation sites excluding steroid dienone is 1. The first-order valence-electron chi connectivity index (χ1n) is 8.55. The van der Waals surface area contributed by atoms with Gasteiger partial charge in [-0.2, -0.15) is 0 Å². The van der Waals surface area contributed by atoms with Gasteiger partial charge in [0.25, 0.3) is 0 Å². The van der Waals surface area contributed by atoms with Crippen LogP contribution in [0.4, 0.5) is 0 Å². The van der Waals surface area contributed by atoms with Crippen molar-refractivity contribution in [2.24, 2.45) is 5.73 Å². The van der Waals surface area contributed by atoms with E-state index in [9.17, 15) is 9.59 Å². The third-order valence-electron chi connectivity index (χ3n) is 3.83. The van der Waals surface area contributed by atoms with Gasteiger partial charge in [0.2, 0.25) is 5.91 Å². The Hall–Kier alpha value is -1.79. The second-order valence-electron chi connectivity index (χ2n) is 6.13. The highest BCUT2D eigenvalue weighted by molar-refractivity contribution is 7.97. The molecule has 2 rings (SSSR count). The number of Topliss-reactive ketones (excluding diaryl/α,β-unsaturated/α-hetero) is 1. The molecule has 1 aromatic carbocycles. The molecule has 25 heavy (non-hydrogen) atoms. The lowest BCUT2D eigenvalue weighted by atomic mass is 10.1. The first-order chi connectivity index (χ1) is 11.7. The van der Waals surface area contributed by atoms with Crippen molar-refractivity contribution >= 4 is 23.6 Å². The highest BCUT2D eigenvalue weighted by Gasteiger charge is 2.45. The summed E-state index contributed by atoms with van der Waals surface area (Å²) < 4.78 is 2.04. The van der Waals surface area contributed by atoms with Gasteiger partial charge < -0.3 is 11.1 Å². The minimum Gasteiger partial charge on any atom is -0.402 e. The maximum absolute atomic E-state index is 12.3. The molecular formula is C19H29N3O2S. The van der Waals surface area contributed by atoms with Gasteiger partial charge in [0.1, 0.15) is 6.04 Å². The second-order valence-corrected chi connectivity index (χ2v) is 7.18. The number of hydrogen-bond acceptors (Lipinski definition) is 5. The van der Waals surface area contributed by atoms with Crippen molar-refractivity contribution in [2.45, 2.75) is 64.6 Å². The third-order valence-corrected chi connectivity index (χ3v) is 5.22. The Morgan fingerprint density at radius 3 is 2.36 bits per heavy atom. The topological polar surface area (TPSA) is 75.4 Å². The zero-order valence-corrected chi connectivity index (χ0v) is 16.7. The summed E-state index contributed by atoms with van der Waals surface area (Å²) in [4.78, 5) is 24.6. The molecule has 5 nitrogen and oxygen atoms in total. The number of hydrogen-bond donors (Lipinski definition) is 2. The molecule has 6 heteroatoms. The van der Waals surface area contributed by atoms with E-state index in [0.717, 1.165) is 4.90 Å². The molecule has 0 radical (unpaired) electrons. The molecule has 1 aromatic rings. The number of benzene rings is 1. The predicted octanol–water partition coefficient (Wildman–Crippen LogP) is 3.71. The van der Waals surface area contributed by atoms with E-state index < -0.39 is 5.66 Å². The fraction of sp³-hybridized carbons (Fsp3) is 0.474. The van der Waals surface area contributed by atoms with Crippen molar-refractivity contribution < 1.29 is 9.59 Å². The summed E-state index contributed by atoms with van der Waals surface area (Å²) in [6.07, 6.45) is 2.31. The average Bonchev–Trinajstić information content (AvgIpc) is 2.79. The number of carbonyl (C=O) groups is 2. The molecule has 1 aliphatic rings. The van der Waals surface area contributed by atoms with E-state index in [0.29, 0.717) is 17.7 Å². The lowest BCUT2D eigenvalue weighted by molar-refractivity contribution is -0.121. The van der Waals surface area contributed by atoms with Crippen LogP contribution < -0.4 is 11.1 Å². The molecule has 0 bridgehead atoms. The summed E-state index contributed by atoms with van der Waals surface area (Å²) in [7, 11) is 0. The smallest absolute Gasteiger partial charge is 0.240 e. The molecule has 0 aromatic heterocycles. The molecule has 1 aliphatic heterocycles. The van der Waals surface area contributed by atoms with E-state index in [1.807, 2.05) is 57.1 Å². The summed E-state index contributed by atoms with van der Waals surface area (Å²) in [6.45, 7) is 11.3. The molecule has 3 N–H and O–H groups in total. The standard InChI is InChI=1S/C17H23N3O2S.C2H6/c1-5-13(18)10-15-16(22)19-17(3,4)20(15)23-14-8-6-12(7-9-14)11(2)21;1-2/h5-9,15H,10,18H2,1-4H3,(H,19,22);1-2H3/b13-5-;. The Kier molecular flexibility index (Phi) is 7.70. The Balaban J connectivity index is 0.00000151. The maximum Gasteiger partial charge on any atom is 0.240 e. The summed E-state index contributed by atoms with van der Waals surface area (Å²) in [5, 5.41) is 3.00. The third kappa shape index (κ3) is 5.34. The van der Waals surface area contributed by atoms with Crippen molar-refractivity contribution in [3.05, 3.63) is 41.6 Å². The fourth-order valence-electron chi connectivity index (χ4n) is 2.49. The predicted molar refractivity (Wildman–Crippen MR) is 104 cm³/mol. The van der Waals surface area contributed by atoms with Gasteiger partial charge in [0.05, 0.1) is 5.66 Å². The number of carbonyl (C=O) groups excluding carboxylic acids is 2. The minimum atomic E-state index is -0.473. The average molecular weight is 364 g/mol. The highest BCUT2D eigenvalue weighted by atomic mass is 32.2. The number of ketones is 1. The van der Waals surface area contributed by atoms with Crippen LogP contribution in [0.3, 0.4) is 0 Å². The van der Waals surface area contributed by atoms with Crippen LogP contribution in [-0.2, 0) is 4.79 Å². The van der Waals surface area contributed by atoms with Crippen LogP contribution in [-0.4, -0.2) is 27.7 Å². The lowest BCUT2D eigenvalue weighted by Gasteiger charge is -2.32. The van der Waals surface area contributed by atoms with E-state index in [2.05, 4.69) is 5.32 Å². The van der Waals surface area contributed by atoms with Gasteiger partial charge >= 0.3 is 0 Å². The first kappa shape index (κ1) is 21.3. The quantitative estimate of drug-likeness (QED) is 0.616. The van der Waals surface area contributed by atoms with Crippen molar-refractivity contribution in [1.29, 1.82) is 0 Å². The Morgan fingerprint density at radius 1 is 1.32 bits per heavy atom. The van der Waals surface area contributed by atoms with Gasteiger partial charge in [-0.05, 0) is 51.8 Å². The van der Waals surface area contributed by atoms with E-state index in [-0.39, 0.29) is 17.7 Å². The molecule has 0 aliphatic carbocycles. The molecule has 1 saturated heterocycles. The number of nitrogens with two attached hydrogens (primary N) is 1. The van der Waals surface area contributed by atoms with Gasteiger partial charge in [-0.1, -0.05) is 32.1 Å². The number of nitrogens with one attached hydrogen (secondary N) is 1. The molecule has 1 atom stereocenters. The van der Waals surface area contributed by atoms with Gasteiger partial charge in [0, 0.05) is 22.6 Å². The zero-order valence-electron chi connectivity index (χ0n) is 15.9. The van der Waals surface area contributed by atoms with E-state index in [4.69, 9.17) is 5.73 Å². The van der Waals surface area contributed by atoms with E-state index >= 15 is 0 Å². The molecule has 1 amide bonds. The minimum absolute atomic E-state index is 0.0207.